The van der Waals surface area contributed by atoms with Crippen LogP contribution in [-0.2, 0) is 16.6 Å². The van der Waals surface area contributed by atoms with Crippen LogP contribution in [0.25, 0.3) is 0 Å². The molecular formula is C10H11BrN4O2S. The number of nitrogens with one attached hydrogen (secondary N) is 1. The highest BCUT2D eigenvalue weighted by atomic mass is 79.9. The van der Waals surface area contributed by atoms with Gasteiger partial charge in [-0.15, -0.1) is 0 Å². The van der Waals surface area contributed by atoms with Crippen LogP contribution < -0.4 is 4.72 Å². The van der Waals surface area contributed by atoms with Crippen LogP contribution in [0.15, 0.2) is 40.4 Å². The van der Waals surface area contributed by atoms with Gasteiger partial charge in [-0.25, -0.2) is 9.97 Å². The van der Waals surface area contributed by atoms with Crippen LogP contribution in [0.1, 0.15) is 6.92 Å². The number of anilines is 1. The van der Waals surface area contributed by atoms with E-state index in [1.54, 1.807) is 16.7 Å². The first-order chi connectivity index (χ1) is 8.51. The van der Waals surface area contributed by atoms with E-state index < -0.39 is 10.0 Å². The van der Waals surface area contributed by atoms with Crippen LogP contribution >= 0.6 is 15.9 Å². The van der Waals surface area contributed by atoms with Crippen LogP contribution in [0.4, 0.5) is 5.82 Å². The van der Waals surface area contributed by atoms with Gasteiger partial charge in [-0.1, -0.05) is 0 Å². The summed E-state index contributed by atoms with van der Waals surface area (Å²) in [6.07, 6.45) is 4.47. The van der Waals surface area contributed by atoms with Crippen LogP contribution in [-0.4, -0.2) is 23.0 Å². The minimum atomic E-state index is -3.68. The van der Waals surface area contributed by atoms with Gasteiger partial charge in [0.1, 0.15) is 5.82 Å². The topological polar surface area (TPSA) is 76.9 Å². The van der Waals surface area contributed by atoms with E-state index in [0.717, 1.165) is 4.47 Å². The number of rotatable bonds is 4. The minimum absolute atomic E-state index is 0.0194. The van der Waals surface area contributed by atoms with Crippen LogP contribution in [0.2, 0.25) is 0 Å². The lowest BCUT2D eigenvalue weighted by Gasteiger charge is -2.04. The maximum absolute atomic E-state index is 12.0. The van der Waals surface area contributed by atoms with Gasteiger partial charge < -0.3 is 4.57 Å². The van der Waals surface area contributed by atoms with Gasteiger partial charge in [-0.2, -0.15) is 8.42 Å². The molecule has 0 aromatic carbocycles. The van der Waals surface area contributed by atoms with Gasteiger partial charge in [-0.05, 0) is 35.0 Å². The number of hydrogen-bond acceptors (Lipinski definition) is 4. The molecule has 8 heteroatoms. The van der Waals surface area contributed by atoms with Crippen molar-refractivity contribution in [2.24, 2.45) is 0 Å². The quantitative estimate of drug-likeness (QED) is 0.928. The Balaban J connectivity index is 2.24. The molecule has 0 saturated heterocycles. The van der Waals surface area contributed by atoms with Crippen molar-refractivity contribution in [2.75, 3.05) is 4.72 Å². The zero-order valence-electron chi connectivity index (χ0n) is 9.54. The summed E-state index contributed by atoms with van der Waals surface area (Å²) in [5.74, 6) is 0.254. The van der Waals surface area contributed by atoms with Crippen molar-refractivity contribution in [3.8, 4) is 0 Å². The maximum atomic E-state index is 12.0. The summed E-state index contributed by atoms with van der Waals surface area (Å²) in [6, 6.07) is 3.27. The molecular weight excluding hydrogens is 320 g/mol. The molecule has 2 aromatic rings. The molecule has 96 valence electrons. The van der Waals surface area contributed by atoms with Crippen molar-refractivity contribution in [3.63, 3.8) is 0 Å². The van der Waals surface area contributed by atoms with Gasteiger partial charge in [0.25, 0.3) is 10.0 Å². The third kappa shape index (κ3) is 2.88. The highest BCUT2D eigenvalue weighted by Gasteiger charge is 2.17. The molecule has 0 aliphatic heterocycles. The van der Waals surface area contributed by atoms with E-state index in [1.165, 1.54) is 18.7 Å². The van der Waals surface area contributed by atoms with E-state index in [4.69, 9.17) is 0 Å². The van der Waals surface area contributed by atoms with E-state index in [9.17, 15) is 8.42 Å². The molecule has 1 N–H and O–H groups in total. The van der Waals surface area contributed by atoms with Crippen LogP contribution in [0, 0.1) is 0 Å². The van der Waals surface area contributed by atoms with Gasteiger partial charge >= 0.3 is 0 Å². The first kappa shape index (κ1) is 13.0. The Hall–Kier alpha value is -1.41. The van der Waals surface area contributed by atoms with Crippen LogP contribution in [0.5, 0.6) is 0 Å². The number of sulfonamides is 1. The van der Waals surface area contributed by atoms with Gasteiger partial charge in [0.05, 0.1) is 6.33 Å². The van der Waals surface area contributed by atoms with Crippen molar-refractivity contribution >= 4 is 31.8 Å². The largest absolute Gasteiger partial charge is 0.336 e. The molecule has 0 amide bonds. The van der Waals surface area contributed by atoms with Crippen molar-refractivity contribution in [2.45, 2.75) is 18.5 Å². The molecule has 2 aromatic heterocycles. The highest BCUT2D eigenvalue weighted by Crippen LogP contribution is 2.14. The Bertz CT molecular complexity index is 636. The normalized spacial score (nSPS) is 11.4. The van der Waals surface area contributed by atoms with E-state index in [-0.39, 0.29) is 10.8 Å². The summed E-state index contributed by atoms with van der Waals surface area (Å²) < 4.78 is 28.8. The van der Waals surface area contributed by atoms with Crippen molar-refractivity contribution in [1.29, 1.82) is 0 Å². The van der Waals surface area contributed by atoms with E-state index in [2.05, 4.69) is 30.6 Å². The number of imidazole rings is 1. The Morgan fingerprint density at radius 3 is 2.72 bits per heavy atom. The Labute approximate surface area is 113 Å². The second-order valence-corrected chi connectivity index (χ2v) is 6.05. The Morgan fingerprint density at radius 1 is 1.39 bits per heavy atom. The SMILES string of the molecule is CCn1cnc(S(=O)(=O)Nc2ccc(Br)cn2)c1. The first-order valence-corrected chi connectivity index (χ1v) is 7.45. The predicted molar refractivity (Wildman–Crippen MR) is 70.6 cm³/mol. The van der Waals surface area contributed by atoms with E-state index in [0.29, 0.717) is 6.54 Å². The third-order valence-corrected chi connectivity index (χ3v) is 3.92. The highest BCUT2D eigenvalue weighted by molar-refractivity contribution is 9.10. The van der Waals surface area contributed by atoms with Gasteiger partial charge in [0.2, 0.25) is 0 Å². The van der Waals surface area contributed by atoms with Crippen LogP contribution in [0.3, 0.4) is 0 Å². The average molecular weight is 331 g/mol. The molecule has 6 nitrogen and oxygen atoms in total. The van der Waals surface area contributed by atoms with Gasteiger partial charge in [0.15, 0.2) is 5.03 Å². The summed E-state index contributed by atoms with van der Waals surface area (Å²) >= 11 is 3.23. The van der Waals surface area contributed by atoms with Crippen molar-refractivity contribution in [3.05, 3.63) is 35.3 Å². The molecule has 0 fully saturated rings. The molecule has 0 aliphatic carbocycles. The van der Waals surface area contributed by atoms with Crippen molar-refractivity contribution in [1.82, 2.24) is 14.5 Å². The zero-order chi connectivity index (χ0) is 13.2. The smallest absolute Gasteiger partial charge is 0.282 e. The predicted octanol–water partition coefficient (Wildman–Crippen LogP) is 1.86. The standard InChI is InChI=1S/C10H11BrN4O2S/c1-2-15-6-10(13-7-15)18(16,17)14-9-4-3-8(11)5-12-9/h3-7H,2H2,1H3,(H,12,14). The molecule has 0 spiro atoms. The summed E-state index contributed by atoms with van der Waals surface area (Å²) in [4.78, 5) is 7.79. The molecule has 18 heavy (non-hydrogen) atoms. The van der Waals surface area contributed by atoms with Gasteiger partial charge in [-0.3, -0.25) is 4.72 Å². The lowest BCUT2D eigenvalue weighted by molar-refractivity contribution is 0.598. The second-order valence-electron chi connectivity index (χ2n) is 3.51. The fourth-order valence-electron chi connectivity index (χ4n) is 1.28. The minimum Gasteiger partial charge on any atom is -0.336 e. The Kier molecular flexibility index (Phi) is 3.67. The number of aromatic nitrogens is 3. The summed E-state index contributed by atoms with van der Waals surface area (Å²) in [6.45, 7) is 2.57. The van der Waals surface area contributed by atoms with E-state index in [1.807, 2.05) is 6.92 Å². The van der Waals surface area contributed by atoms with E-state index >= 15 is 0 Å². The Morgan fingerprint density at radius 2 is 2.17 bits per heavy atom. The monoisotopic (exact) mass is 330 g/mol. The first-order valence-electron chi connectivity index (χ1n) is 5.17. The molecule has 0 unspecified atom stereocenters. The summed E-state index contributed by atoms with van der Waals surface area (Å²) in [7, 11) is -3.68. The summed E-state index contributed by atoms with van der Waals surface area (Å²) in [5, 5.41) is -0.0194. The van der Waals surface area contributed by atoms with Crippen molar-refractivity contribution < 1.29 is 8.42 Å². The molecule has 0 radical (unpaired) electrons. The average Bonchev–Trinajstić information content (AvgIpc) is 2.81. The zero-order valence-corrected chi connectivity index (χ0v) is 11.9. The number of nitrogens with zero attached hydrogens (tertiary/aromatic N) is 3. The maximum Gasteiger partial charge on any atom is 0.282 e. The molecule has 2 rings (SSSR count). The van der Waals surface area contributed by atoms with Gasteiger partial charge in [0, 0.05) is 23.4 Å². The summed E-state index contributed by atoms with van der Waals surface area (Å²) in [5.41, 5.74) is 0. The third-order valence-electron chi connectivity index (χ3n) is 2.22. The lowest BCUT2D eigenvalue weighted by Crippen LogP contribution is -2.14. The molecule has 0 aliphatic rings. The number of halogens is 1. The lowest BCUT2D eigenvalue weighted by atomic mass is 10.5. The fraction of sp³-hybridized carbons (Fsp3) is 0.200. The molecule has 0 atom stereocenters. The molecule has 0 bridgehead atoms. The second kappa shape index (κ2) is 5.07. The molecule has 0 saturated carbocycles. The number of pyridine rings is 1. The number of aryl methyl sites for hydroxylation is 1. The fourth-order valence-corrected chi connectivity index (χ4v) is 2.47. The molecule has 2 heterocycles. The number of hydrogen-bond donors (Lipinski definition) is 1.